The van der Waals surface area contributed by atoms with E-state index in [0.717, 1.165) is 55.4 Å². The van der Waals surface area contributed by atoms with Crippen molar-refractivity contribution in [3.05, 3.63) is 36.2 Å². The molecule has 1 spiro atoms. The monoisotopic (exact) mass is 398 g/mol. The Morgan fingerprint density at radius 3 is 2.93 bits per heavy atom. The number of piperidine rings is 1. The molecule has 1 aromatic heterocycles. The summed E-state index contributed by atoms with van der Waals surface area (Å²) in [5.41, 5.74) is 2.25. The van der Waals surface area contributed by atoms with Gasteiger partial charge in [0.25, 0.3) is 0 Å². The Balaban J connectivity index is 1.19. The number of hydrogen-bond donors (Lipinski definition) is 1. The molecule has 2 saturated heterocycles. The highest BCUT2D eigenvalue weighted by molar-refractivity contribution is 7.99. The highest BCUT2D eigenvalue weighted by Crippen LogP contribution is 2.43. The van der Waals surface area contributed by atoms with Gasteiger partial charge in [-0.05, 0) is 30.5 Å². The first-order valence-electron chi connectivity index (χ1n) is 9.51. The summed E-state index contributed by atoms with van der Waals surface area (Å²) in [7, 11) is 1.41. The fraction of sp³-hybridized carbons (Fsp3) is 0.450. The molecule has 0 bridgehead atoms. The molecule has 3 aliphatic heterocycles. The quantitative estimate of drug-likeness (QED) is 0.675. The van der Waals surface area contributed by atoms with Crippen molar-refractivity contribution < 1.29 is 14.3 Å². The number of likely N-dealkylation sites (tertiary alicyclic amines) is 1. The highest BCUT2D eigenvalue weighted by Gasteiger charge is 2.50. The van der Waals surface area contributed by atoms with Crippen LogP contribution in [0, 0.1) is 0 Å². The van der Waals surface area contributed by atoms with E-state index in [0.29, 0.717) is 0 Å². The molecule has 1 aromatic carbocycles. The maximum Gasteiger partial charge on any atom is 0.335 e. The van der Waals surface area contributed by atoms with Gasteiger partial charge in [0.05, 0.1) is 18.4 Å². The number of aromatic nitrogens is 2. The van der Waals surface area contributed by atoms with Crippen LogP contribution in [0.1, 0.15) is 24.8 Å². The molecule has 1 N–H and O–H groups in total. The van der Waals surface area contributed by atoms with Crippen molar-refractivity contribution in [2.75, 3.05) is 25.5 Å². The summed E-state index contributed by atoms with van der Waals surface area (Å²) < 4.78 is 10.7. The summed E-state index contributed by atoms with van der Waals surface area (Å²) in [6, 6.07) is 6.55. The van der Waals surface area contributed by atoms with E-state index in [9.17, 15) is 4.79 Å². The summed E-state index contributed by atoms with van der Waals surface area (Å²) >= 11 is 1.65. The minimum absolute atomic E-state index is 0.119. The molecular formula is C20H22N4O3S. The lowest BCUT2D eigenvalue weighted by Gasteiger charge is -2.50. The van der Waals surface area contributed by atoms with Crippen LogP contribution < -0.4 is 5.32 Å². The van der Waals surface area contributed by atoms with Crippen LogP contribution in [0.15, 0.2) is 40.5 Å². The minimum atomic E-state index is -0.369. The van der Waals surface area contributed by atoms with E-state index in [-0.39, 0.29) is 17.7 Å². The average Bonchev–Trinajstić information content (AvgIpc) is 2.70. The van der Waals surface area contributed by atoms with Crippen LogP contribution in [0.2, 0.25) is 0 Å². The van der Waals surface area contributed by atoms with Gasteiger partial charge in [-0.1, -0.05) is 17.8 Å². The SMILES string of the molecule is COC(=O)C1CC2(CCN(Cc3ccc4c(c3)Nc3nccnc3S4)CC2)O1. The summed E-state index contributed by atoms with van der Waals surface area (Å²) in [5.74, 6) is 0.568. The Kier molecular flexibility index (Phi) is 4.49. The second kappa shape index (κ2) is 7.02. The van der Waals surface area contributed by atoms with E-state index in [1.54, 1.807) is 24.2 Å². The average molecular weight is 398 g/mol. The Hall–Kier alpha value is -2.16. The molecule has 5 rings (SSSR count). The summed E-state index contributed by atoms with van der Waals surface area (Å²) in [6.07, 6.45) is 5.76. The number of hydrogen-bond acceptors (Lipinski definition) is 8. The highest BCUT2D eigenvalue weighted by atomic mass is 32.2. The zero-order valence-electron chi connectivity index (χ0n) is 15.7. The molecule has 0 saturated carbocycles. The molecule has 0 amide bonds. The first-order chi connectivity index (χ1) is 13.6. The van der Waals surface area contributed by atoms with Crippen molar-refractivity contribution in [3.8, 4) is 0 Å². The van der Waals surface area contributed by atoms with Crippen molar-refractivity contribution in [1.82, 2.24) is 14.9 Å². The Labute approximate surface area is 167 Å². The lowest BCUT2D eigenvalue weighted by atomic mass is 9.80. The fourth-order valence-corrected chi connectivity index (χ4v) is 5.05. The van der Waals surface area contributed by atoms with E-state index in [1.165, 1.54) is 17.6 Å². The number of esters is 1. The Morgan fingerprint density at radius 1 is 1.36 bits per heavy atom. The molecule has 146 valence electrons. The molecule has 1 atom stereocenters. The van der Waals surface area contributed by atoms with Crippen LogP contribution in [0.3, 0.4) is 0 Å². The molecule has 28 heavy (non-hydrogen) atoms. The third kappa shape index (κ3) is 3.25. The number of nitrogens with one attached hydrogen (secondary N) is 1. The molecule has 2 aromatic rings. The largest absolute Gasteiger partial charge is 0.467 e. The lowest BCUT2D eigenvalue weighted by molar-refractivity contribution is -0.234. The smallest absolute Gasteiger partial charge is 0.335 e. The molecule has 3 aliphatic rings. The van der Waals surface area contributed by atoms with Crippen LogP contribution in [-0.2, 0) is 20.8 Å². The standard InChI is InChI=1S/C20H22N4O3S/c1-26-19(25)15-11-20(27-15)4-8-24(9-5-20)12-13-2-3-16-14(10-13)23-17-18(28-16)22-7-6-21-17/h2-3,6-7,10,15H,4-5,8-9,11-12H2,1H3,(H,21,23). The van der Waals surface area contributed by atoms with Crippen molar-refractivity contribution in [2.45, 2.75) is 47.4 Å². The van der Waals surface area contributed by atoms with E-state index in [1.807, 2.05) is 0 Å². The van der Waals surface area contributed by atoms with E-state index >= 15 is 0 Å². The molecule has 7 nitrogen and oxygen atoms in total. The number of ether oxygens (including phenoxy) is 2. The van der Waals surface area contributed by atoms with Gasteiger partial charge in [-0.3, -0.25) is 4.90 Å². The van der Waals surface area contributed by atoms with Gasteiger partial charge >= 0.3 is 5.97 Å². The van der Waals surface area contributed by atoms with E-state index in [2.05, 4.69) is 38.4 Å². The van der Waals surface area contributed by atoms with Crippen LogP contribution in [-0.4, -0.2) is 52.7 Å². The normalized spacial score (nSPS) is 22.5. The van der Waals surface area contributed by atoms with E-state index in [4.69, 9.17) is 9.47 Å². The fourth-order valence-electron chi connectivity index (χ4n) is 4.17. The zero-order valence-corrected chi connectivity index (χ0v) is 16.5. The number of nitrogens with zero attached hydrogens (tertiary/aromatic N) is 3. The number of anilines is 2. The van der Waals surface area contributed by atoms with Crippen molar-refractivity contribution in [1.29, 1.82) is 0 Å². The number of carbonyl (C=O) groups excluding carboxylic acids is 1. The zero-order chi connectivity index (χ0) is 19.1. The van der Waals surface area contributed by atoms with Crippen LogP contribution >= 0.6 is 11.8 Å². The molecule has 1 unspecified atom stereocenters. The van der Waals surface area contributed by atoms with Gasteiger partial charge in [-0.2, -0.15) is 0 Å². The summed E-state index contributed by atoms with van der Waals surface area (Å²) in [6.45, 7) is 2.85. The molecule has 4 heterocycles. The van der Waals surface area contributed by atoms with Gasteiger partial charge in [0.1, 0.15) is 5.03 Å². The molecule has 0 aliphatic carbocycles. The maximum absolute atomic E-state index is 11.5. The minimum Gasteiger partial charge on any atom is -0.467 e. The van der Waals surface area contributed by atoms with Gasteiger partial charge in [-0.25, -0.2) is 14.8 Å². The third-order valence-electron chi connectivity index (χ3n) is 5.76. The van der Waals surface area contributed by atoms with Crippen LogP contribution in [0.5, 0.6) is 0 Å². The predicted octanol–water partition coefficient (Wildman–Crippen LogP) is 2.98. The van der Waals surface area contributed by atoms with Crippen molar-refractivity contribution in [2.24, 2.45) is 0 Å². The van der Waals surface area contributed by atoms with Gasteiger partial charge in [0.15, 0.2) is 11.9 Å². The van der Waals surface area contributed by atoms with Crippen molar-refractivity contribution >= 4 is 29.2 Å². The lowest BCUT2D eigenvalue weighted by Crippen LogP contribution is -2.58. The van der Waals surface area contributed by atoms with Gasteiger partial charge in [-0.15, -0.1) is 0 Å². The number of carbonyl (C=O) groups is 1. The van der Waals surface area contributed by atoms with Gasteiger partial charge < -0.3 is 14.8 Å². The number of benzene rings is 1. The second-order valence-corrected chi connectivity index (χ2v) is 8.59. The number of rotatable bonds is 3. The molecule has 0 radical (unpaired) electrons. The second-order valence-electron chi connectivity index (χ2n) is 7.56. The Morgan fingerprint density at radius 2 is 2.14 bits per heavy atom. The van der Waals surface area contributed by atoms with Gasteiger partial charge in [0, 0.05) is 43.3 Å². The van der Waals surface area contributed by atoms with Gasteiger partial charge in [0.2, 0.25) is 0 Å². The van der Waals surface area contributed by atoms with Crippen LogP contribution in [0.25, 0.3) is 0 Å². The first-order valence-corrected chi connectivity index (χ1v) is 10.3. The Bertz CT molecular complexity index is 906. The summed E-state index contributed by atoms with van der Waals surface area (Å²) in [4.78, 5) is 23.9. The van der Waals surface area contributed by atoms with Crippen LogP contribution in [0.4, 0.5) is 11.5 Å². The summed E-state index contributed by atoms with van der Waals surface area (Å²) in [5, 5.41) is 4.31. The predicted molar refractivity (Wildman–Crippen MR) is 105 cm³/mol. The number of fused-ring (bicyclic) bond motifs is 2. The first kappa shape index (κ1) is 17.9. The topological polar surface area (TPSA) is 76.6 Å². The van der Waals surface area contributed by atoms with Crippen molar-refractivity contribution in [3.63, 3.8) is 0 Å². The molecule has 2 fully saturated rings. The maximum atomic E-state index is 11.5. The third-order valence-corrected chi connectivity index (χ3v) is 6.82. The number of methoxy groups -OCH3 is 1. The molecule has 8 heteroatoms. The molecular weight excluding hydrogens is 376 g/mol. The van der Waals surface area contributed by atoms with E-state index < -0.39 is 0 Å².